The van der Waals surface area contributed by atoms with Crippen molar-refractivity contribution in [2.75, 3.05) is 32.3 Å². The molecule has 1 rings (SSSR count). The van der Waals surface area contributed by atoms with Gasteiger partial charge < -0.3 is 15.2 Å². The fourth-order valence-corrected chi connectivity index (χ4v) is 3.29. The molecular weight excluding hydrogens is 266 g/mol. The van der Waals surface area contributed by atoms with Crippen molar-refractivity contribution < 1.29 is 17.9 Å². The normalized spacial score (nSPS) is 13.2. The topological polar surface area (TPSA) is 78.6 Å². The molecule has 0 spiro atoms. The van der Waals surface area contributed by atoms with E-state index >= 15 is 0 Å². The third-order valence-electron chi connectivity index (χ3n) is 2.78. The van der Waals surface area contributed by atoms with Gasteiger partial charge in [-0.25, -0.2) is 8.42 Å². The van der Waals surface area contributed by atoms with E-state index in [1.807, 2.05) is 12.1 Å². The summed E-state index contributed by atoms with van der Waals surface area (Å²) in [6.45, 7) is 0.434. The molecule has 0 saturated carbocycles. The summed E-state index contributed by atoms with van der Waals surface area (Å²) in [5.41, 5.74) is 6.68. The van der Waals surface area contributed by atoms with Crippen molar-refractivity contribution in [1.29, 1.82) is 0 Å². The van der Waals surface area contributed by atoms with Crippen LogP contribution < -0.4 is 10.5 Å². The number of benzene rings is 1. The molecule has 19 heavy (non-hydrogen) atoms. The van der Waals surface area contributed by atoms with E-state index < -0.39 is 15.9 Å². The van der Waals surface area contributed by atoms with Gasteiger partial charge in [-0.2, -0.15) is 0 Å². The van der Waals surface area contributed by atoms with Crippen molar-refractivity contribution in [3.8, 4) is 5.75 Å². The molecule has 2 N–H and O–H groups in total. The molecule has 1 atom stereocenters. The number of rotatable bonds is 8. The number of nitrogens with two attached hydrogens (primary N) is 1. The standard InChI is InChI=1S/C13H21NO4S/c1-17-8-5-9-19(15,16)10-12(14)11-6-3-4-7-13(11)18-2/h3-4,6-7,12H,5,8-10,14H2,1-2H3. The fourth-order valence-electron chi connectivity index (χ4n) is 1.84. The second-order valence-corrected chi connectivity index (χ2v) is 6.54. The largest absolute Gasteiger partial charge is 0.496 e. The van der Waals surface area contributed by atoms with Gasteiger partial charge in [-0.1, -0.05) is 18.2 Å². The van der Waals surface area contributed by atoms with E-state index in [0.29, 0.717) is 24.3 Å². The van der Waals surface area contributed by atoms with Crippen LogP contribution in [-0.2, 0) is 14.6 Å². The molecule has 0 aliphatic heterocycles. The molecule has 1 aromatic carbocycles. The Morgan fingerprint density at radius 1 is 1.26 bits per heavy atom. The summed E-state index contributed by atoms with van der Waals surface area (Å²) in [6, 6.07) is 6.61. The molecule has 1 unspecified atom stereocenters. The Bertz CT molecular complexity index is 487. The first-order valence-electron chi connectivity index (χ1n) is 6.08. The van der Waals surface area contributed by atoms with Crippen molar-refractivity contribution in [3.05, 3.63) is 29.8 Å². The van der Waals surface area contributed by atoms with Gasteiger partial charge in [0.2, 0.25) is 0 Å². The Balaban J connectivity index is 2.70. The number of para-hydroxylation sites is 1. The number of ether oxygens (including phenoxy) is 2. The molecule has 0 heterocycles. The molecule has 0 amide bonds. The highest BCUT2D eigenvalue weighted by Crippen LogP contribution is 2.24. The Hall–Kier alpha value is -1.11. The zero-order valence-corrected chi connectivity index (χ0v) is 12.2. The molecular formula is C13H21NO4S. The second kappa shape index (κ2) is 7.47. The highest BCUT2D eigenvalue weighted by molar-refractivity contribution is 7.91. The molecule has 0 aromatic heterocycles. The summed E-state index contributed by atoms with van der Waals surface area (Å²) in [6.07, 6.45) is 0.484. The van der Waals surface area contributed by atoms with E-state index in [4.69, 9.17) is 15.2 Å². The minimum atomic E-state index is -3.19. The van der Waals surface area contributed by atoms with Crippen molar-refractivity contribution in [2.45, 2.75) is 12.5 Å². The summed E-state index contributed by atoms with van der Waals surface area (Å²) in [7, 11) is -0.0976. The van der Waals surface area contributed by atoms with Gasteiger partial charge in [-0.3, -0.25) is 0 Å². The Labute approximate surface area is 114 Å². The Morgan fingerprint density at radius 2 is 1.95 bits per heavy atom. The predicted octanol–water partition coefficient (Wildman–Crippen LogP) is 1.15. The molecule has 0 aliphatic rings. The van der Waals surface area contributed by atoms with Crippen LogP contribution in [0.15, 0.2) is 24.3 Å². The van der Waals surface area contributed by atoms with Crippen LogP contribution in [0.1, 0.15) is 18.0 Å². The van der Waals surface area contributed by atoms with Crippen LogP contribution in [0.5, 0.6) is 5.75 Å². The second-order valence-electron chi connectivity index (χ2n) is 4.31. The molecule has 1 aromatic rings. The van der Waals surface area contributed by atoms with Crippen LogP contribution in [0.2, 0.25) is 0 Å². The molecule has 5 nitrogen and oxygen atoms in total. The van der Waals surface area contributed by atoms with Gasteiger partial charge in [-0.05, 0) is 12.5 Å². The van der Waals surface area contributed by atoms with Crippen molar-refractivity contribution in [2.24, 2.45) is 5.73 Å². The van der Waals surface area contributed by atoms with Gasteiger partial charge in [-0.15, -0.1) is 0 Å². The van der Waals surface area contributed by atoms with Crippen LogP contribution in [0.4, 0.5) is 0 Å². The van der Waals surface area contributed by atoms with Gasteiger partial charge in [0.25, 0.3) is 0 Å². The minimum Gasteiger partial charge on any atom is -0.496 e. The molecule has 0 aliphatic carbocycles. The van der Waals surface area contributed by atoms with Crippen LogP contribution >= 0.6 is 0 Å². The number of hydrogen-bond donors (Lipinski definition) is 1. The average molecular weight is 287 g/mol. The van der Waals surface area contributed by atoms with Gasteiger partial charge in [0.1, 0.15) is 5.75 Å². The van der Waals surface area contributed by atoms with Crippen LogP contribution in [0.25, 0.3) is 0 Å². The van der Waals surface area contributed by atoms with Gasteiger partial charge in [0, 0.05) is 25.3 Å². The monoisotopic (exact) mass is 287 g/mol. The lowest BCUT2D eigenvalue weighted by Gasteiger charge is -2.15. The Morgan fingerprint density at radius 3 is 2.58 bits per heavy atom. The third-order valence-corrected chi connectivity index (χ3v) is 4.55. The van der Waals surface area contributed by atoms with E-state index in [2.05, 4.69) is 0 Å². The highest BCUT2D eigenvalue weighted by Gasteiger charge is 2.19. The number of methoxy groups -OCH3 is 2. The van der Waals surface area contributed by atoms with Crippen molar-refractivity contribution in [1.82, 2.24) is 0 Å². The highest BCUT2D eigenvalue weighted by atomic mass is 32.2. The number of hydrogen-bond acceptors (Lipinski definition) is 5. The SMILES string of the molecule is COCCCS(=O)(=O)CC(N)c1ccccc1OC. The Kier molecular flexibility index (Phi) is 6.27. The van der Waals surface area contributed by atoms with Crippen molar-refractivity contribution >= 4 is 9.84 Å². The van der Waals surface area contributed by atoms with Crippen LogP contribution in [0.3, 0.4) is 0 Å². The molecule has 0 bridgehead atoms. The van der Waals surface area contributed by atoms with E-state index in [1.165, 1.54) is 0 Å². The molecule has 0 fully saturated rings. The average Bonchev–Trinajstić information content (AvgIpc) is 2.38. The summed E-state index contributed by atoms with van der Waals surface area (Å²) >= 11 is 0. The van der Waals surface area contributed by atoms with Gasteiger partial charge in [0.05, 0.1) is 18.6 Å². The smallest absolute Gasteiger partial charge is 0.152 e. The van der Waals surface area contributed by atoms with Gasteiger partial charge >= 0.3 is 0 Å². The maximum atomic E-state index is 11.9. The maximum absolute atomic E-state index is 11.9. The maximum Gasteiger partial charge on any atom is 0.152 e. The minimum absolute atomic E-state index is 0.0862. The summed E-state index contributed by atoms with van der Waals surface area (Å²) in [5, 5.41) is 0. The summed E-state index contributed by atoms with van der Waals surface area (Å²) in [5.74, 6) is 0.614. The first kappa shape index (κ1) is 15.9. The molecule has 0 saturated heterocycles. The lowest BCUT2D eigenvalue weighted by molar-refractivity contribution is 0.199. The molecule has 6 heteroatoms. The van der Waals surface area contributed by atoms with E-state index in [0.717, 1.165) is 0 Å². The van der Waals surface area contributed by atoms with Crippen LogP contribution in [0, 0.1) is 0 Å². The zero-order chi connectivity index (χ0) is 14.3. The predicted molar refractivity (Wildman–Crippen MR) is 75.1 cm³/mol. The zero-order valence-electron chi connectivity index (χ0n) is 11.3. The lowest BCUT2D eigenvalue weighted by Crippen LogP contribution is -2.24. The summed E-state index contributed by atoms with van der Waals surface area (Å²) < 4.78 is 33.9. The van der Waals surface area contributed by atoms with E-state index in [9.17, 15) is 8.42 Å². The third kappa shape index (κ3) is 5.18. The molecule has 0 radical (unpaired) electrons. The van der Waals surface area contributed by atoms with E-state index in [-0.39, 0.29) is 11.5 Å². The first-order valence-corrected chi connectivity index (χ1v) is 7.90. The lowest BCUT2D eigenvalue weighted by atomic mass is 10.1. The number of sulfone groups is 1. The quantitative estimate of drug-likeness (QED) is 0.726. The van der Waals surface area contributed by atoms with Crippen LogP contribution in [-0.4, -0.2) is 40.7 Å². The van der Waals surface area contributed by atoms with Gasteiger partial charge in [0.15, 0.2) is 9.84 Å². The van der Waals surface area contributed by atoms with Crippen molar-refractivity contribution in [3.63, 3.8) is 0 Å². The molecule has 108 valence electrons. The first-order chi connectivity index (χ1) is 9.00. The fraction of sp³-hybridized carbons (Fsp3) is 0.538. The summed E-state index contributed by atoms with van der Waals surface area (Å²) in [4.78, 5) is 0. The van der Waals surface area contributed by atoms with E-state index in [1.54, 1.807) is 26.4 Å².